The van der Waals surface area contributed by atoms with Crippen molar-refractivity contribution in [1.82, 2.24) is 14.8 Å². The number of hydrogen-bond donors (Lipinski definition) is 1. The van der Waals surface area contributed by atoms with Gasteiger partial charge >= 0.3 is 0 Å². The first-order valence-electron chi connectivity index (χ1n) is 8.75. The van der Waals surface area contributed by atoms with E-state index in [2.05, 4.69) is 11.9 Å². The Morgan fingerprint density at radius 1 is 1.50 bits per heavy atom. The van der Waals surface area contributed by atoms with Crippen LogP contribution in [0, 0.1) is 11.3 Å². The molecule has 6 heteroatoms. The van der Waals surface area contributed by atoms with E-state index < -0.39 is 0 Å². The number of amides is 2. The summed E-state index contributed by atoms with van der Waals surface area (Å²) in [5, 5.41) is 0. The summed E-state index contributed by atoms with van der Waals surface area (Å²) in [6.07, 6.45) is 3.93. The fraction of sp³-hybridized carbons (Fsp3) is 0.667. The largest absolute Gasteiger partial charge is 0.383 e. The molecule has 2 amide bonds. The zero-order valence-electron chi connectivity index (χ0n) is 14.6. The third-order valence-corrected chi connectivity index (χ3v) is 5.64. The van der Waals surface area contributed by atoms with Crippen molar-refractivity contribution in [2.45, 2.75) is 26.2 Å². The van der Waals surface area contributed by atoms with E-state index in [1.54, 1.807) is 7.11 Å². The molecule has 2 aliphatic rings. The number of likely N-dealkylation sites (tertiary alicyclic amines) is 2. The number of aromatic nitrogens is 1. The fourth-order valence-electron chi connectivity index (χ4n) is 4.06. The number of hydrogen-bond acceptors (Lipinski definition) is 3. The molecule has 2 atom stereocenters. The molecular formula is C18H27N3O3. The van der Waals surface area contributed by atoms with E-state index in [0.717, 1.165) is 25.1 Å². The lowest BCUT2D eigenvalue weighted by Gasteiger charge is -2.26. The van der Waals surface area contributed by atoms with Gasteiger partial charge in [-0.05, 0) is 30.9 Å². The summed E-state index contributed by atoms with van der Waals surface area (Å²) in [5.74, 6) is 0.565. The molecule has 0 unspecified atom stereocenters. The zero-order chi connectivity index (χ0) is 17.2. The summed E-state index contributed by atoms with van der Waals surface area (Å²) in [4.78, 5) is 32.4. The second-order valence-corrected chi connectivity index (χ2v) is 7.06. The maximum Gasteiger partial charge on any atom is 0.231 e. The average molecular weight is 333 g/mol. The van der Waals surface area contributed by atoms with Crippen molar-refractivity contribution in [1.29, 1.82) is 0 Å². The Balaban J connectivity index is 1.60. The molecule has 3 heterocycles. The smallest absolute Gasteiger partial charge is 0.231 e. The lowest BCUT2D eigenvalue weighted by molar-refractivity contribution is -0.138. The molecule has 2 fully saturated rings. The minimum absolute atomic E-state index is 0.150. The van der Waals surface area contributed by atoms with Crippen LogP contribution in [0.15, 0.2) is 18.3 Å². The highest BCUT2D eigenvalue weighted by atomic mass is 16.5. The van der Waals surface area contributed by atoms with Crippen molar-refractivity contribution in [3.05, 3.63) is 24.0 Å². The van der Waals surface area contributed by atoms with E-state index in [1.165, 1.54) is 0 Å². The Bertz CT molecular complexity index is 586. The van der Waals surface area contributed by atoms with Crippen molar-refractivity contribution in [2.75, 3.05) is 39.9 Å². The fourth-order valence-corrected chi connectivity index (χ4v) is 4.06. The van der Waals surface area contributed by atoms with E-state index in [0.29, 0.717) is 32.7 Å². The van der Waals surface area contributed by atoms with Crippen LogP contribution in [0.5, 0.6) is 0 Å². The van der Waals surface area contributed by atoms with E-state index in [1.807, 2.05) is 28.1 Å². The molecule has 0 aliphatic carbocycles. The van der Waals surface area contributed by atoms with Crippen molar-refractivity contribution >= 4 is 11.8 Å². The summed E-state index contributed by atoms with van der Waals surface area (Å²) >= 11 is 0. The number of carbonyl (C=O) groups excluding carboxylic acids is 2. The molecule has 0 aromatic carbocycles. The van der Waals surface area contributed by atoms with Crippen molar-refractivity contribution in [3.63, 3.8) is 0 Å². The molecule has 1 N–H and O–H groups in total. The quantitative estimate of drug-likeness (QED) is 0.853. The number of carbonyl (C=O) groups is 2. The van der Waals surface area contributed by atoms with Crippen LogP contribution < -0.4 is 0 Å². The Hall–Kier alpha value is -1.82. The lowest BCUT2D eigenvalue weighted by Crippen LogP contribution is -2.41. The van der Waals surface area contributed by atoms with Gasteiger partial charge in [0.05, 0.1) is 12.0 Å². The summed E-state index contributed by atoms with van der Waals surface area (Å²) in [7, 11) is 1.65. The van der Waals surface area contributed by atoms with Gasteiger partial charge in [0, 0.05) is 51.6 Å². The minimum atomic E-state index is -0.379. The lowest BCUT2D eigenvalue weighted by atomic mass is 9.78. The van der Waals surface area contributed by atoms with Gasteiger partial charge in [0.25, 0.3) is 0 Å². The van der Waals surface area contributed by atoms with Gasteiger partial charge in [-0.2, -0.15) is 0 Å². The van der Waals surface area contributed by atoms with Gasteiger partial charge in [0.1, 0.15) is 0 Å². The topological polar surface area (TPSA) is 65.6 Å². The zero-order valence-corrected chi connectivity index (χ0v) is 14.6. The molecule has 132 valence electrons. The Labute approximate surface area is 143 Å². The van der Waals surface area contributed by atoms with Gasteiger partial charge in [-0.15, -0.1) is 0 Å². The monoisotopic (exact) mass is 333 g/mol. The van der Waals surface area contributed by atoms with Crippen LogP contribution in [-0.2, 0) is 20.7 Å². The third-order valence-electron chi connectivity index (χ3n) is 5.64. The summed E-state index contributed by atoms with van der Waals surface area (Å²) in [6.45, 7) is 5.35. The van der Waals surface area contributed by atoms with Crippen molar-refractivity contribution in [2.24, 2.45) is 11.3 Å². The summed E-state index contributed by atoms with van der Waals surface area (Å²) < 4.78 is 5.10. The maximum absolute atomic E-state index is 12.9. The maximum atomic E-state index is 12.9. The van der Waals surface area contributed by atoms with Crippen LogP contribution in [-0.4, -0.2) is 66.5 Å². The highest BCUT2D eigenvalue weighted by molar-refractivity contribution is 5.87. The number of H-pyrrole nitrogens is 1. The first-order valence-corrected chi connectivity index (χ1v) is 8.75. The predicted molar refractivity (Wildman–Crippen MR) is 90.4 cm³/mol. The van der Waals surface area contributed by atoms with E-state index >= 15 is 0 Å². The number of nitrogens with zero attached hydrogens (tertiary/aromatic N) is 2. The highest BCUT2D eigenvalue weighted by Gasteiger charge is 2.55. The van der Waals surface area contributed by atoms with Gasteiger partial charge in [0.15, 0.2) is 0 Å². The van der Waals surface area contributed by atoms with Gasteiger partial charge in [-0.3, -0.25) is 9.59 Å². The molecule has 2 saturated heterocycles. The van der Waals surface area contributed by atoms with Gasteiger partial charge in [-0.25, -0.2) is 0 Å². The summed E-state index contributed by atoms with van der Waals surface area (Å²) in [5.41, 5.74) is 0.698. The molecule has 1 spiro atoms. The van der Waals surface area contributed by atoms with Crippen LogP contribution in [0.1, 0.15) is 25.5 Å². The van der Waals surface area contributed by atoms with Gasteiger partial charge < -0.3 is 19.5 Å². The van der Waals surface area contributed by atoms with Crippen molar-refractivity contribution < 1.29 is 14.3 Å². The van der Waals surface area contributed by atoms with E-state index in [-0.39, 0.29) is 23.1 Å². The number of methoxy groups -OCH3 is 1. The SMILES string of the molecule is COCCN1CC[C@]2(CN(C(=O)CCc3ccc[nH]3)C[C@H]2C)C1=O. The van der Waals surface area contributed by atoms with Crippen molar-refractivity contribution in [3.8, 4) is 0 Å². The van der Waals surface area contributed by atoms with Crippen LogP contribution in [0.4, 0.5) is 0 Å². The number of nitrogens with one attached hydrogen (secondary N) is 1. The average Bonchev–Trinajstić information content (AvgIpc) is 3.27. The first-order chi connectivity index (χ1) is 11.6. The first kappa shape index (κ1) is 17.0. The number of aryl methyl sites for hydroxylation is 1. The second-order valence-electron chi connectivity index (χ2n) is 7.06. The molecular weight excluding hydrogens is 306 g/mol. The van der Waals surface area contributed by atoms with Crippen LogP contribution in [0.25, 0.3) is 0 Å². The number of ether oxygens (including phenoxy) is 1. The molecule has 0 bridgehead atoms. The molecule has 1 aromatic heterocycles. The molecule has 0 saturated carbocycles. The third kappa shape index (κ3) is 3.07. The molecule has 2 aliphatic heterocycles. The number of rotatable bonds is 6. The molecule has 6 nitrogen and oxygen atoms in total. The molecule has 24 heavy (non-hydrogen) atoms. The normalized spacial score (nSPS) is 26.8. The second kappa shape index (κ2) is 6.97. The van der Waals surface area contributed by atoms with Gasteiger partial charge in [-0.1, -0.05) is 6.92 Å². The standard InChI is InChI=1S/C18H27N3O3/c1-14-12-21(16(22)6-5-15-4-3-8-19-15)13-18(14)7-9-20(17(18)23)10-11-24-2/h3-4,8,14,19H,5-7,9-13H2,1-2H3/t14-,18-/m1/s1. The van der Waals surface area contributed by atoms with Crippen LogP contribution >= 0.6 is 0 Å². The molecule has 3 rings (SSSR count). The van der Waals surface area contributed by atoms with E-state index in [4.69, 9.17) is 4.74 Å². The van der Waals surface area contributed by atoms with Crippen LogP contribution in [0.2, 0.25) is 0 Å². The minimum Gasteiger partial charge on any atom is -0.383 e. The van der Waals surface area contributed by atoms with Crippen LogP contribution in [0.3, 0.4) is 0 Å². The highest BCUT2D eigenvalue weighted by Crippen LogP contribution is 2.44. The molecule has 0 radical (unpaired) electrons. The predicted octanol–water partition coefficient (Wildman–Crippen LogP) is 1.29. The Kier molecular flexibility index (Phi) is 4.94. The Morgan fingerprint density at radius 2 is 2.33 bits per heavy atom. The number of aromatic amines is 1. The Morgan fingerprint density at radius 3 is 3.04 bits per heavy atom. The summed E-state index contributed by atoms with van der Waals surface area (Å²) in [6, 6.07) is 3.94. The van der Waals surface area contributed by atoms with Gasteiger partial charge in [0.2, 0.25) is 11.8 Å². The van der Waals surface area contributed by atoms with E-state index in [9.17, 15) is 9.59 Å². The molecule has 1 aromatic rings.